The summed E-state index contributed by atoms with van der Waals surface area (Å²) in [6.07, 6.45) is -3.68. The van der Waals surface area contributed by atoms with Crippen molar-refractivity contribution >= 4 is 41.2 Å². The van der Waals surface area contributed by atoms with Gasteiger partial charge in [-0.3, -0.25) is 19.2 Å². The molecule has 31 heavy (non-hydrogen) atoms. The summed E-state index contributed by atoms with van der Waals surface area (Å²) in [6, 6.07) is 0. The second-order valence-electron chi connectivity index (χ2n) is 7.26. The van der Waals surface area contributed by atoms with Crippen molar-refractivity contribution in [2.45, 2.75) is 71.2 Å². The number of thiocarbonyl (C=S) groups is 1. The van der Waals surface area contributed by atoms with Gasteiger partial charge in [0.05, 0.1) is 0 Å². The third-order valence-electron chi connectivity index (χ3n) is 4.65. The molecule has 12 heteroatoms. The number of hydrogen-bond acceptors (Lipinski definition) is 10. The molecular weight excluding hydrogens is 432 g/mol. The molecule has 0 radical (unpaired) electrons. The van der Waals surface area contributed by atoms with Crippen molar-refractivity contribution < 1.29 is 42.9 Å². The molecular formula is C19H28N2O9S. The lowest BCUT2D eigenvalue weighted by molar-refractivity contribution is -0.255. The largest absolute Gasteiger partial charge is 0.463 e. The monoisotopic (exact) mass is 460 g/mol. The minimum Gasteiger partial charge on any atom is -0.463 e. The van der Waals surface area contributed by atoms with Crippen LogP contribution in [-0.2, 0) is 42.9 Å². The molecule has 0 saturated carbocycles. The molecule has 1 N–H and O–H groups in total. The quantitative estimate of drug-likeness (QED) is 0.326. The molecule has 0 spiro atoms. The molecule has 174 valence electrons. The lowest BCUT2D eigenvalue weighted by atomic mass is 9.97. The molecule has 2 aliphatic heterocycles. The van der Waals surface area contributed by atoms with E-state index in [1.165, 1.54) is 27.7 Å². The Bertz CT molecular complexity index is 710. The molecule has 11 nitrogen and oxygen atoms in total. The van der Waals surface area contributed by atoms with Crippen molar-refractivity contribution in [2.24, 2.45) is 0 Å². The number of carbonyl (C=O) groups is 4. The maximum Gasteiger partial charge on any atom is 0.303 e. The van der Waals surface area contributed by atoms with Crippen molar-refractivity contribution in [3.05, 3.63) is 0 Å². The van der Waals surface area contributed by atoms with Gasteiger partial charge in [-0.15, -0.1) is 0 Å². The highest BCUT2D eigenvalue weighted by Crippen LogP contribution is 2.28. The summed E-state index contributed by atoms with van der Waals surface area (Å²) >= 11 is 5.45. The van der Waals surface area contributed by atoms with Crippen LogP contribution in [-0.4, -0.2) is 84.2 Å². The number of hydrogen-bond donors (Lipinski definition) is 1. The van der Waals surface area contributed by atoms with Gasteiger partial charge in [0.15, 0.2) is 29.7 Å². The first-order valence-corrected chi connectivity index (χ1v) is 10.3. The van der Waals surface area contributed by atoms with Crippen LogP contribution in [0.25, 0.3) is 0 Å². The van der Waals surface area contributed by atoms with E-state index < -0.39 is 54.5 Å². The van der Waals surface area contributed by atoms with Gasteiger partial charge in [-0.1, -0.05) is 0 Å². The summed E-state index contributed by atoms with van der Waals surface area (Å²) in [5.41, 5.74) is 0. The van der Waals surface area contributed by atoms with Gasteiger partial charge >= 0.3 is 23.9 Å². The number of esters is 4. The average molecular weight is 461 g/mol. The third-order valence-corrected chi connectivity index (χ3v) is 5.03. The Morgan fingerprint density at radius 2 is 1.39 bits per heavy atom. The number of rotatable bonds is 6. The number of likely N-dealkylation sites (tertiary alicyclic amines) is 1. The summed E-state index contributed by atoms with van der Waals surface area (Å²) in [4.78, 5) is 48.6. The van der Waals surface area contributed by atoms with Crippen LogP contribution < -0.4 is 5.32 Å². The molecule has 0 aliphatic carbocycles. The summed E-state index contributed by atoms with van der Waals surface area (Å²) < 4.78 is 27.1. The van der Waals surface area contributed by atoms with E-state index in [1.54, 1.807) is 0 Å². The third kappa shape index (κ3) is 7.31. The Kier molecular flexibility index (Phi) is 8.99. The summed E-state index contributed by atoms with van der Waals surface area (Å²) in [7, 11) is 0. The second kappa shape index (κ2) is 11.2. The van der Waals surface area contributed by atoms with E-state index in [9.17, 15) is 19.2 Å². The highest BCUT2D eigenvalue weighted by Gasteiger charge is 2.52. The predicted octanol–water partition coefficient (Wildman–Crippen LogP) is 0.0398. The van der Waals surface area contributed by atoms with Crippen molar-refractivity contribution in [2.75, 3.05) is 19.7 Å². The molecule has 2 aliphatic rings. The second-order valence-corrected chi connectivity index (χ2v) is 7.65. The van der Waals surface area contributed by atoms with Gasteiger partial charge < -0.3 is 33.9 Å². The van der Waals surface area contributed by atoms with Crippen molar-refractivity contribution in [1.29, 1.82) is 0 Å². The molecule has 0 amide bonds. The van der Waals surface area contributed by atoms with Gasteiger partial charge in [-0.05, 0) is 25.1 Å². The normalized spacial score (nSPS) is 27.7. The Balaban J connectivity index is 2.36. The zero-order chi connectivity index (χ0) is 23.1. The minimum atomic E-state index is -1.22. The van der Waals surface area contributed by atoms with E-state index in [-0.39, 0.29) is 6.61 Å². The van der Waals surface area contributed by atoms with E-state index in [2.05, 4.69) is 5.32 Å². The van der Waals surface area contributed by atoms with Crippen LogP contribution >= 0.6 is 12.2 Å². The smallest absolute Gasteiger partial charge is 0.303 e. The van der Waals surface area contributed by atoms with Crippen LogP contribution in [0.15, 0.2) is 0 Å². The first-order chi connectivity index (χ1) is 14.6. The van der Waals surface area contributed by atoms with Gasteiger partial charge in [0.25, 0.3) is 0 Å². The minimum absolute atomic E-state index is 0.285. The zero-order valence-corrected chi connectivity index (χ0v) is 18.8. The standard InChI is InChI=1S/C19H28N2O9S/c1-10(22)26-9-14-15(27-11(2)23)16(28-12(3)24)17(29-13(4)25)18(30-14)20-19(31)21-7-5-6-8-21/h14-18H,5-9H2,1-4H3,(H,20,31)/t14-,15-,16+,17-,18-/m1/s1. The highest BCUT2D eigenvalue weighted by molar-refractivity contribution is 7.80. The maximum absolute atomic E-state index is 11.8. The molecule has 0 aromatic carbocycles. The number of carbonyl (C=O) groups excluding carboxylic acids is 4. The fraction of sp³-hybridized carbons (Fsp3) is 0.737. The predicted molar refractivity (Wildman–Crippen MR) is 108 cm³/mol. The van der Waals surface area contributed by atoms with Gasteiger partial charge in [-0.25, -0.2) is 0 Å². The van der Waals surface area contributed by atoms with E-state index >= 15 is 0 Å². The van der Waals surface area contributed by atoms with Crippen LogP contribution in [0.1, 0.15) is 40.5 Å². The topological polar surface area (TPSA) is 130 Å². The van der Waals surface area contributed by atoms with Crippen LogP contribution in [0.2, 0.25) is 0 Å². The SMILES string of the molecule is CC(=O)OC[C@H]1O[C@@H](NC(=S)N2CCCC2)[C@H](OC(C)=O)[C@@H](OC(C)=O)[C@@H]1OC(C)=O. The molecule has 2 rings (SSSR count). The molecule has 0 aromatic rings. The Morgan fingerprint density at radius 3 is 1.90 bits per heavy atom. The van der Waals surface area contributed by atoms with Crippen LogP contribution in [0.3, 0.4) is 0 Å². The lowest BCUT2D eigenvalue weighted by Crippen LogP contribution is -2.66. The summed E-state index contributed by atoms with van der Waals surface area (Å²) in [5, 5.41) is 3.37. The fourth-order valence-electron chi connectivity index (χ4n) is 3.48. The Labute approximate surface area is 185 Å². The molecule has 0 unspecified atom stereocenters. The Hall–Kier alpha value is -2.47. The van der Waals surface area contributed by atoms with Gasteiger partial charge in [0.1, 0.15) is 12.7 Å². The maximum atomic E-state index is 11.8. The first kappa shape index (κ1) is 24.8. The fourth-order valence-corrected chi connectivity index (χ4v) is 3.78. The highest BCUT2D eigenvalue weighted by atomic mass is 32.1. The van der Waals surface area contributed by atoms with Gasteiger partial charge in [0, 0.05) is 40.8 Å². The average Bonchev–Trinajstić information content (AvgIpc) is 3.18. The molecule has 0 aromatic heterocycles. The van der Waals surface area contributed by atoms with E-state index in [4.69, 9.17) is 35.9 Å². The summed E-state index contributed by atoms with van der Waals surface area (Å²) in [5.74, 6) is -2.61. The van der Waals surface area contributed by atoms with Crippen LogP contribution in [0.5, 0.6) is 0 Å². The van der Waals surface area contributed by atoms with Gasteiger partial charge in [-0.2, -0.15) is 0 Å². The number of nitrogens with one attached hydrogen (secondary N) is 1. The first-order valence-electron chi connectivity index (χ1n) is 9.94. The zero-order valence-electron chi connectivity index (χ0n) is 18.0. The molecule has 2 fully saturated rings. The molecule has 2 saturated heterocycles. The van der Waals surface area contributed by atoms with Gasteiger partial charge in [0.2, 0.25) is 0 Å². The number of nitrogens with zero attached hydrogens (tertiary/aromatic N) is 1. The van der Waals surface area contributed by atoms with Crippen molar-refractivity contribution in [3.63, 3.8) is 0 Å². The van der Waals surface area contributed by atoms with Crippen LogP contribution in [0, 0.1) is 0 Å². The summed E-state index contributed by atoms with van der Waals surface area (Å²) in [6.45, 7) is 5.98. The van der Waals surface area contributed by atoms with Crippen molar-refractivity contribution in [1.82, 2.24) is 10.2 Å². The molecule has 0 bridgehead atoms. The van der Waals surface area contributed by atoms with Crippen LogP contribution in [0.4, 0.5) is 0 Å². The van der Waals surface area contributed by atoms with E-state index in [1.807, 2.05) is 4.90 Å². The molecule has 5 atom stereocenters. The number of ether oxygens (including phenoxy) is 5. The Morgan fingerprint density at radius 1 is 0.871 bits per heavy atom. The molecule has 2 heterocycles. The van der Waals surface area contributed by atoms with E-state index in [0.717, 1.165) is 25.9 Å². The van der Waals surface area contributed by atoms with E-state index in [0.29, 0.717) is 5.11 Å². The van der Waals surface area contributed by atoms with Crippen molar-refractivity contribution in [3.8, 4) is 0 Å². The lowest BCUT2D eigenvalue weighted by Gasteiger charge is -2.45.